The number of aryl methyl sites for hydroxylation is 1. The van der Waals surface area contributed by atoms with Crippen LogP contribution < -0.4 is 10.2 Å². The first-order valence-electron chi connectivity index (χ1n) is 12.3. The van der Waals surface area contributed by atoms with Crippen molar-refractivity contribution in [1.82, 2.24) is 19.4 Å². The minimum Gasteiger partial charge on any atom is -0.493 e. The maximum atomic E-state index is 11.7. The van der Waals surface area contributed by atoms with Gasteiger partial charge in [-0.2, -0.15) is 4.98 Å². The SMILES string of the molecule is CCCc1ccc(C(C)Nc2nc(N3CCN(C(C)=O)CC3)nc3c(O)n(C(C)C)cc23)cc1. The van der Waals surface area contributed by atoms with E-state index in [9.17, 15) is 9.90 Å². The lowest BCUT2D eigenvalue weighted by molar-refractivity contribution is -0.129. The first kappa shape index (κ1) is 23.9. The highest BCUT2D eigenvalue weighted by molar-refractivity contribution is 5.94. The van der Waals surface area contributed by atoms with Crippen molar-refractivity contribution in [3.05, 3.63) is 41.6 Å². The predicted molar refractivity (Wildman–Crippen MR) is 137 cm³/mol. The molecule has 0 radical (unpaired) electrons. The van der Waals surface area contributed by atoms with E-state index < -0.39 is 0 Å². The molecule has 34 heavy (non-hydrogen) atoms. The summed E-state index contributed by atoms with van der Waals surface area (Å²) in [5.74, 6) is 1.51. The summed E-state index contributed by atoms with van der Waals surface area (Å²) in [5, 5.41) is 15.3. The zero-order valence-corrected chi connectivity index (χ0v) is 20.9. The molecule has 182 valence electrons. The maximum absolute atomic E-state index is 11.7. The highest BCUT2D eigenvalue weighted by Gasteiger charge is 2.24. The summed E-state index contributed by atoms with van der Waals surface area (Å²) in [6.45, 7) is 12.6. The van der Waals surface area contributed by atoms with Crippen molar-refractivity contribution in [3.8, 4) is 5.88 Å². The molecular weight excluding hydrogens is 428 g/mol. The van der Waals surface area contributed by atoms with Crippen molar-refractivity contribution in [1.29, 1.82) is 0 Å². The fourth-order valence-corrected chi connectivity index (χ4v) is 4.49. The smallest absolute Gasteiger partial charge is 0.228 e. The van der Waals surface area contributed by atoms with Crippen LogP contribution in [0.1, 0.15) is 64.3 Å². The van der Waals surface area contributed by atoms with E-state index >= 15 is 0 Å². The first-order valence-corrected chi connectivity index (χ1v) is 12.3. The molecule has 1 amide bonds. The molecular formula is C26H36N6O2. The van der Waals surface area contributed by atoms with E-state index in [1.165, 1.54) is 11.1 Å². The number of piperazine rings is 1. The average Bonchev–Trinajstić information content (AvgIpc) is 3.17. The Morgan fingerprint density at radius 2 is 1.76 bits per heavy atom. The van der Waals surface area contributed by atoms with Gasteiger partial charge in [0.1, 0.15) is 11.3 Å². The summed E-state index contributed by atoms with van der Waals surface area (Å²) >= 11 is 0. The van der Waals surface area contributed by atoms with E-state index in [-0.39, 0.29) is 23.9 Å². The lowest BCUT2D eigenvalue weighted by Crippen LogP contribution is -2.48. The minimum atomic E-state index is 0.0285. The van der Waals surface area contributed by atoms with Crippen LogP contribution in [0.15, 0.2) is 30.5 Å². The quantitative estimate of drug-likeness (QED) is 0.535. The molecule has 4 rings (SSSR count). The first-order chi connectivity index (χ1) is 16.3. The Hall–Kier alpha value is -3.29. The van der Waals surface area contributed by atoms with Gasteiger partial charge >= 0.3 is 0 Å². The van der Waals surface area contributed by atoms with Crippen molar-refractivity contribution < 1.29 is 9.90 Å². The Morgan fingerprint density at radius 1 is 1.09 bits per heavy atom. The standard InChI is InChI=1S/C26H36N6O2/c1-6-7-20-8-10-21(11-9-20)18(4)27-24-22-16-32(17(2)3)25(34)23(22)28-26(29-24)31-14-12-30(13-15-31)19(5)33/h8-11,16-18,34H,6-7,12-15H2,1-5H3,(H,27,28,29). The number of carbonyl (C=O) groups excluding carboxylic acids is 1. The van der Waals surface area contributed by atoms with Crippen LogP contribution in [0.3, 0.4) is 0 Å². The van der Waals surface area contributed by atoms with Gasteiger partial charge in [0.25, 0.3) is 0 Å². The second-order valence-corrected chi connectivity index (χ2v) is 9.44. The van der Waals surface area contributed by atoms with E-state index in [2.05, 4.69) is 48.3 Å². The molecule has 3 heterocycles. The van der Waals surface area contributed by atoms with Crippen LogP contribution >= 0.6 is 0 Å². The van der Waals surface area contributed by atoms with E-state index in [0.29, 0.717) is 43.5 Å². The Balaban J connectivity index is 1.67. The minimum absolute atomic E-state index is 0.0285. The molecule has 8 heteroatoms. The van der Waals surface area contributed by atoms with Crippen LogP contribution in [0.4, 0.5) is 11.8 Å². The Kier molecular flexibility index (Phi) is 6.95. The van der Waals surface area contributed by atoms with E-state index in [1.54, 1.807) is 6.92 Å². The van der Waals surface area contributed by atoms with Crippen molar-refractivity contribution in [3.63, 3.8) is 0 Å². The summed E-state index contributed by atoms with van der Waals surface area (Å²) in [6.07, 6.45) is 4.13. The molecule has 0 bridgehead atoms. The molecule has 1 aromatic carbocycles. The molecule has 1 fully saturated rings. The molecule has 3 aromatic rings. The molecule has 2 aromatic heterocycles. The highest BCUT2D eigenvalue weighted by atomic mass is 16.3. The van der Waals surface area contributed by atoms with Gasteiger partial charge in [0.15, 0.2) is 0 Å². The van der Waals surface area contributed by atoms with Gasteiger partial charge in [-0.25, -0.2) is 4.98 Å². The lowest BCUT2D eigenvalue weighted by Gasteiger charge is -2.34. The largest absolute Gasteiger partial charge is 0.493 e. The van der Waals surface area contributed by atoms with Gasteiger partial charge in [-0.05, 0) is 38.3 Å². The summed E-state index contributed by atoms with van der Waals surface area (Å²) in [6, 6.07) is 8.83. The van der Waals surface area contributed by atoms with Crippen molar-refractivity contribution in [2.45, 2.75) is 59.5 Å². The molecule has 1 aliphatic heterocycles. The summed E-state index contributed by atoms with van der Waals surface area (Å²) < 4.78 is 1.83. The Labute approximate surface area is 201 Å². The number of aromatic nitrogens is 3. The summed E-state index contributed by atoms with van der Waals surface area (Å²) in [4.78, 5) is 25.3. The Bertz CT molecular complexity index is 1150. The molecule has 1 saturated heterocycles. The van der Waals surface area contributed by atoms with Gasteiger partial charge in [-0.1, -0.05) is 37.6 Å². The third-order valence-corrected chi connectivity index (χ3v) is 6.59. The van der Waals surface area contributed by atoms with Crippen LogP contribution in [0.5, 0.6) is 5.88 Å². The van der Waals surface area contributed by atoms with Crippen LogP contribution in [-0.2, 0) is 11.2 Å². The zero-order valence-electron chi connectivity index (χ0n) is 20.9. The molecule has 1 unspecified atom stereocenters. The fourth-order valence-electron chi connectivity index (χ4n) is 4.49. The van der Waals surface area contributed by atoms with Gasteiger partial charge in [0.05, 0.1) is 5.39 Å². The van der Waals surface area contributed by atoms with Gasteiger partial charge in [0.2, 0.25) is 17.7 Å². The van der Waals surface area contributed by atoms with Crippen LogP contribution in [0, 0.1) is 0 Å². The molecule has 2 N–H and O–H groups in total. The topological polar surface area (TPSA) is 86.5 Å². The van der Waals surface area contributed by atoms with Gasteiger partial charge in [0, 0.05) is 51.4 Å². The van der Waals surface area contributed by atoms with Gasteiger partial charge < -0.3 is 24.8 Å². The van der Waals surface area contributed by atoms with E-state index in [0.717, 1.165) is 18.2 Å². The van der Waals surface area contributed by atoms with Crippen molar-refractivity contribution >= 4 is 28.6 Å². The van der Waals surface area contributed by atoms with Gasteiger partial charge in [-0.3, -0.25) is 4.79 Å². The Morgan fingerprint density at radius 3 is 2.35 bits per heavy atom. The third-order valence-electron chi connectivity index (χ3n) is 6.59. The third kappa shape index (κ3) is 4.81. The molecule has 0 spiro atoms. The van der Waals surface area contributed by atoms with E-state index in [1.807, 2.05) is 29.5 Å². The lowest BCUT2D eigenvalue weighted by atomic mass is 10.0. The summed E-state index contributed by atoms with van der Waals surface area (Å²) in [7, 11) is 0. The number of benzene rings is 1. The van der Waals surface area contributed by atoms with Gasteiger partial charge in [-0.15, -0.1) is 0 Å². The molecule has 1 atom stereocenters. The number of nitrogens with one attached hydrogen (secondary N) is 1. The van der Waals surface area contributed by atoms with Crippen LogP contribution in [0.2, 0.25) is 0 Å². The molecule has 8 nitrogen and oxygen atoms in total. The van der Waals surface area contributed by atoms with E-state index in [4.69, 9.17) is 9.97 Å². The monoisotopic (exact) mass is 464 g/mol. The highest BCUT2D eigenvalue weighted by Crippen LogP contribution is 2.35. The van der Waals surface area contributed by atoms with Crippen LogP contribution in [0.25, 0.3) is 10.9 Å². The second kappa shape index (κ2) is 9.91. The number of aromatic hydroxyl groups is 1. The normalized spacial score (nSPS) is 15.2. The van der Waals surface area contributed by atoms with Crippen LogP contribution in [-0.4, -0.2) is 56.6 Å². The number of amides is 1. The fraction of sp³-hybridized carbons (Fsp3) is 0.500. The number of carbonyl (C=O) groups is 1. The van der Waals surface area contributed by atoms with Crippen molar-refractivity contribution in [2.75, 3.05) is 36.4 Å². The predicted octanol–water partition coefficient (Wildman–Crippen LogP) is 4.51. The molecule has 0 saturated carbocycles. The maximum Gasteiger partial charge on any atom is 0.228 e. The number of hydrogen-bond donors (Lipinski definition) is 2. The van der Waals surface area contributed by atoms with Crippen molar-refractivity contribution in [2.24, 2.45) is 0 Å². The molecule has 1 aliphatic rings. The number of hydrogen-bond acceptors (Lipinski definition) is 6. The molecule has 0 aliphatic carbocycles. The number of nitrogens with zero attached hydrogens (tertiary/aromatic N) is 5. The number of rotatable bonds is 7. The average molecular weight is 465 g/mol. The summed E-state index contributed by atoms with van der Waals surface area (Å²) in [5.41, 5.74) is 3.06. The second-order valence-electron chi connectivity index (χ2n) is 9.44. The number of anilines is 2. The zero-order chi connectivity index (χ0) is 24.4. The number of fused-ring (bicyclic) bond motifs is 1.